The summed E-state index contributed by atoms with van der Waals surface area (Å²) >= 11 is 0. The second-order valence-electron chi connectivity index (χ2n) is 8.46. The van der Waals surface area contributed by atoms with Crippen LogP contribution in [0.25, 0.3) is 0 Å². The van der Waals surface area contributed by atoms with Crippen LogP contribution in [-0.2, 0) is 9.53 Å². The first-order valence-corrected chi connectivity index (χ1v) is 11.8. The minimum Gasteiger partial charge on any atom is -0.466 e. The molecule has 26 heavy (non-hydrogen) atoms. The third kappa shape index (κ3) is 21.5. The van der Waals surface area contributed by atoms with Gasteiger partial charge in [-0.3, -0.25) is 4.79 Å². The molecule has 0 unspecified atom stereocenters. The molecule has 0 radical (unpaired) electrons. The second-order valence-corrected chi connectivity index (χ2v) is 8.46. The molecule has 2 heteroatoms. The Morgan fingerprint density at radius 2 is 1.12 bits per heavy atom. The fraction of sp³-hybridized carbons (Fsp3) is 0.958. The van der Waals surface area contributed by atoms with Crippen molar-refractivity contribution >= 4 is 5.97 Å². The Balaban J connectivity index is 3.13. The minimum absolute atomic E-state index is 0.0120. The van der Waals surface area contributed by atoms with Gasteiger partial charge in [-0.2, -0.15) is 0 Å². The number of ether oxygens (including phenoxy) is 1. The monoisotopic (exact) mass is 368 g/mol. The SMILES string of the molecule is CCCCCCCCC(=O)OCCCCCCCCCCCCC(C)C. The summed E-state index contributed by atoms with van der Waals surface area (Å²) in [5.74, 6) is 0.878. The van der Waals surface area contributed by atoms with E-state index in [2.05, 4.69) is 20.8 Å². The van der Waals surface area contributed by atoms with Crippen LogP contribution in [0.2, 0.25) is 0 Å². The normalized spacial score (nSPS) is 11.2. The van der Waals surface area contributed by atoms with Crippen LogP contribution in [0.1, 0.15) is 136 Å². The lowest BCUT2D eigenvalue weighted by Crippen LogP contribution is -2.05. The van der Waals surface area contributed by atoms with Crippen LogP contribution in [0.15, 0.2) is 0 Å². The van der Waals surface area contributed by atoms with Crippen molar-refractivity contribution in [2.24, 2.45) is 5.92 Å². The lowest BCUT2D eigenvalue weighted by molar-refractivity contribution is -0.143. The van der Waals surface area contributed by atoms with E-state index >= 15 is 0 Å². The molecule has 0 saturated heterocycles. The highest BCUT2D eigenvalue weighted by Gasteiger charge is 2.02. The average Bonchev–Trinajstić information content (AvgIpc) is 2.61. The summed E-state index contributed by atoms with van der Waals surface area (Å²) in [6.07, 6.45) is 22.7. The largest absolute Gasteiger partial charge is 0.466 e. The van der Waals surface area contributed by atoms with Gasteiger partial charge < -0.3 is 4.74 Å². The van der Waals surface area contributed by atoms with Gasteiger partial charge in [0, 0.05) is 6.42 Å². The molecule has 0 heterocycles. The van der Waals surface area contributed by atoms with Gasteiger partial charge in [-0.15, -0.1) is 0 Å². The fourth-order valence-corrected chi connectivity index (χ4v) is 3.38. The second kappa shape index (κ2) is 20.8. The topological polar surface area (TPSA) is 26.3 Å². The Labute approximate surface area is 164 Å². The van der Waals surface area contributed by atoms with E-state index in [4.69, 9.17) is 4.74 Å². The molecular weight excluding hydrogens is 320 g/mol. The van der Waals surface area contributed by atoms with Crippen molar-refractivity contribution in [3.8, 4) is 0 Å². The predicted octanol–water partition coefficient (Wildman–Crippen LogP) is 8.23. The molecule has 0 spiro atoms. The predicted molar refractivity (Wildman–Crippen MR) is 115 cm³/mol. The van der Waals surface area contributed by atoms with Gasteiger partial charge >= 0.3 is 5.97 Å². The Kier molecular flexibility index (Phi) is 20.4. The van der Waals surface area contributed by atoms with E-state index in [0.717, 1.165) is 18.8 Å². The maximum absolute atomic E-state index is 11.6. The number of unbranched alkanes of at least 4 members (excludes halogenated alkanes) is 14. The smallest absolute Gasteiger partial charge is 0.305 e. The van der Waals surface area contributed by atoms with Gasteiger partial charge in [0.25, 0.3) is 0 Å². The van der Waals surface area contributed by atoms with Crippen molar-refractivity contribution < 1.29 is 9.53 Å². The zero-order valence-corrected chi connectivity index (χ0v) is 18.3. The molecule has 0 atom stereocenters. The van der Waals surface area contributed by atoms with Crippen molar-refractivity contribution in [1.29, 1.82) is 0 Å². The molecule has 0 aliphatic heterocycles. The van der Waals surface area contributed by atoms with Crippen LogP contribution in [0, 0.1) is 5.92 Å². The van der Waals surface area contributed by atoms with Gasteiger partial charge in [-0.1, -0.05) is 117 Å². The molecule has 2 nitrogen and oxygen atoms in total. The van der Waals surface area contributed by atoms with Gasteiger partial charge in [0.2, 0.25) is 0 Å². The maximum atomic E-state index is 11.6. The molecule has 0 saturated carbocycles. The summed E-state index contributed by atoms with van der Waals surface area (Å²) in [6.45, 7) is 7.49. The van der Waals surface area contributed by atoms with Crippen LogP contribution in [-0.4, -0.2) is 12.6 Å². The van der Waals surface area contributed by atoms with Crippen LogP contribution in [0.3, 0.4) is 0 Å². The minimum atomic E-state index is 0.0120. The van der Waals surface area contributed by atoms with Crippen molar-refractivity contribution in [2.75, 3.05) is 6.61 Å². The molecule has 156 valence electrons. The standard InChI is InChI=1S/C24H48O2/c1-4-5-6-7-15-18-21-24(25)26-22-19-16-13-11-9-8-10-12-14-17-20-23(2)3/h23H,4-22H2,1-3H3. The number of carbonyl (C=O) groups is 1. The summed E-state index contributed by atoms with van der Waals surface area (Å²) in [5, 5.41) is 0. The van der Waals surface area contributed by atoms with Crippen LogP contribution >= 0.6 is 0 Å². The van der Waals surface area contributed by atoms with E-state index < -0.39 is 0 Å². The zero-order valence-electron chi connectivity index (χ0n) is 18.3. The number of hydrogen-bond donors (Lipinski definition) is 0. The summed E-state index contributed by atoms with van der Waals surface area (Å²) in [6, 6.07) is 0. The summed E-state index contributed by atoms with van der Waals surface area (Å²) < 4.78 is 5.33. The van der Waals surface area contributed by atoms with E-state index in [1.165, 1.54) is 96.3 Å². The van der Waals surface area contributed by atoms with Gasteiger partial charge in [-0.05, 0) is 18.8 Å². The lowest BCUT2D eigenvalue weighted by atomic mass is 10.0. The van der Waals surface area contributed by atoms with Gasteiger partial charge in [0.05, 0.1) is 6.61 Å². The van der Waals surface area contributed by atoms with Crippen LogP contribution in [0.5, 0.6) is 0 Å². The van der Waals surface area contributed by atoms with E-state index in [0.29, 0.717) is 13.0 Å². The summed E-state index contributed by atoms with van der Waals surface area (Å²) in [5.41, 5.74) is 0. The van der Waals surface area contributed by atoms with E-state index in [1.54, 1.807) is 0 Å². The molecule has 0 aromatic carbocycles. The van der Waals surface area contributed by atoms with Gasteiger partial charge in [0.15, 0.2) is 0 Å². The molecule has 0 fully saturated rings. The quantitative estimate of drug-likeness (QED) is 0.160. The third-order valence-electron chi connectivity index (χ3n) is 5.17. The van der Waals surface area contributed by atoms with Gasteiger partial charge in [-0.25, -0.2) is 0 Å². The molecule has 0 N–H and O–H groups in total. The molecule has 0 rings (SSSR count). The Hall–Kier alpha value is -0.530. The van der Waals surface area contributed by atoms with E-state index in [-0.39, 0.29) is 5.97 Å². The average molecular weight is 369 g/mol. The molecule has 0 bridgehead atoms. The molecule has 0 aromatic rings. The lowest BCUT2D eigenvalue weighted by Gasteiger charge is -2.06. The summed E-state index contributed by atoms with van der Waals surface area (Å²) in [4.78, 5) is 11.6. The number of hydrogen-bond acceptors (Lipinski definition) is 2. The molecular formula is C24H48O2. The van der Waals surface area contributed by atoms with Crippen LogP contribution in [0.4, 0.5) is 0 Å². The first-order valence-electron chi connectivity index (χ1n) is 11.8. The highest BCUT2D eigenvalue weighted by molar-refractivity contribution is 5.69. The third-order valence-corrected chi connectivity index (χ3v) is 5.17. The maximum Gasteiger partial charge on any atom is 0.305 e. The highest BCUT2D eigenvalue weighted by Crippen LogP contribution is 2.13. The van der Waals surface area contributed by atoms with Crippen molar-refractivity contribution in [2.45, 2.75) is 136 Å². The Morgan fingerprint density at radius 3 is 1.65 bits per heavy atom. The number of carbonyl (C=O) groups excluding carboxylic acids is 1. The van der Waals surface area contributed by atoms with Crippen molar-refractivity contribution in [1.82, 2.24) is 0 Å². The van der Waals surface area contributed by atoms with E-state index in [9.17, 15) is 4.79 Å². The van der Waals surface area contributed by atoms with Gasteiger partial charge in [0.1, 0.15) is 0 Å². The van der Waals surface area contributed by atoms with Crippen LogP contribution < -0.4 is 0 Å². The first-order chi connectivity index (χ1) is 12.7. The molecule has 0 aromatic heterocycles. The summed E-state index contributed by atoms with van der Waals surface area (Å²) in [7, 11) is 0. The highest BCUT2D eigenvalue weighted by atomic mass is 16.5. The number of esters is 1. The first kappa shape index (κ1) is 25.5. The van der Waals surface area contributed by atoms with E-state index in [1.807, 2.05) is 0 Å². The molecule has 0 aliphatic rings. The Bertz CT molecular complexity index is 286. The fourth-order valence-electron chi connectivity index (χ4n) is 3.38. The van der Waals surface area contributed by atoms with Crippen molar-refractivity contribution in [3.63, 3.8) is 0 Å². The molecule has 0 aliphatic carbocycles. The Morgan fingerprint density at radius 1 is 0.654 bits per heavy atom. The van der Waals surface area contributed by atoms with Crippen molar-refractivity contribution in [3.05, 3.63) is 0 Å². The zero-order chi connectivity index (χ0) is 19.3. The number of rotatable bonds is 20. The molecule has 0 amide bonds.